The molecule has 0 unspecified atom stereocenters. The van der Waals surface area contributed by atoms with E-state index in [0.29, 0.717) is 6.61 Å². The van der Waals surface area contributed by atoms with E-state index in [1.807, 2.05) is 0 Å². The average molecular weight is 246 g/mol. The van der Waals surface area contributed by atoms with E-state index in [9.17, 15) is 9.59 Å². The Morgan fingerprint density at radius 3 is 2.24 bits per heavy atom. The highest BCUT2D eigenvalue weighted by Crippen LogP contribution is 2.04. The van der Waals surface area contributed by atoms with Crippen LogP contribution in [0.2, 0.25) is 0 Å². The summed E-state index contributed by atoms with van der Waals surface area (Å²) in [5.74, 6) is -1.22. The molecule has 0 rings (SSSR count). The van der Waals surface area contributed by atoms with Gasteiger partial charge >= 0.3 is 12.0 Å². The third kappa shape index (κ3) is 6.11. The first-order valence-electron chi connectivity index (χ1n) is 5.50. The molecule has 0 aliphatic carbocycles. The summed E-state index contributed by atoms with van der Waals surface area (Å²) in [7, 11) is 1.54. The van der Waals surface area contributed by atoms with Gasteiger partial charge in [0.25, 0.3) is 0 Å². The second-order valence-electron chi connectivity index (χ2n) is 4.98. The van der Waals surface area contributed by atoms with Gasteiger partial charge in [0.05, 0.1) is 12.1 Å². The monoisotopic (exact) mass is 246 g/mol. The highest BCUT2D eigenvalue weighted by Gasteiger charge is 2.26. The largest absolute Gasteiger partial charge is 0.480 e. The summed E-state index contributed by atoms with van der Waals surface area (Å²) in [6.07, 6.45) is 0. The zero-order valence-electron chi connectivity index (χ0n) is 11.0. The van der Waals surface area contributed by atoms with Gasteiger partial charge in [-0.25, -0.2) is 9.59 Å². The standard InChI is InChI=1S/C11H22N2O4/c1-7(2)8(9(14)15)12-10(16)13-11(3,4)6-17-5/h7-8H,6H2,1-5H3,(H,14,15)(H2,12,13,16)/t8-/m1/s1. The van der Waals surface area contributed by atoms with Crippen molar-refractivity contribution in [3.8, 4) is 0 Å². The molecule has 6 heteroatoms. The van der Waals surface area contributed by atoms with Gasteiger partial charge in [0.15, 0.2) is 0 Å². The molecule has 0 fully saturated rings. The number of amides is 2. The maximum Gasteiger partial charge on any atom is 0.326 e. The predicted molar refractivity (Wildman–Crippen MR) is 63.9 cm³/mol. The Kier molecular flexibility index (Phi) is 5.95. The van der Waals surface area contributed by atoms with Gasteiger partial charge in [-0.05, 0) is 19.8 Å². The number of rotatable bonds is 6. The first-order chi connectivity index (χ1) is 7.69. The number of methoxy groups -OCH3 is 1. The van der Waals surface area contributed by atoms with Gasteiger partial charge in [-0.3, -0.25) is 0 Å². The molecule has 3 N–H and O–H groups in total. The average Bonchev–Trinajstić information content (AvgIpc) is 2.11. The van der Waals surface area contributed by atoms with Crippen LogP contribution in [0.4, 0.5) is 4.79 Å². The Balaban J connectivity index is 4.38. The molecule has 2 amide bonds. The van der Waals surface area contributed by atoms with Crippen LogP contribution in [0.15, 0.2) is 0 Å². The number of hydrogen-bond acceptors (Lipinski definition) is 3. The van der Waals surface area contributed by atoms with E-state index in [1.165, 1.54) is 7.11 Å². The molecule has 0 saturated heterocycles. The van der Waals surface area contributed by atoms with Crippen molar-refractivity contribution in [1.29, 1.82) is 0 Å². The lowest BCUT2D eigenvalue weighted by Gasteiger charge is -2.27. The van der Waals surface area contributed by atoms with Crippen molar-refractivity contribution in [3.63, 3.8) is 0 Å². The first-order valence-corrected chi connectivity index (χ1v) is 5.50. The number of hydrogen-bond donors (Lipinski definition) is 3. The number of urea groups is 1. The van der Waals surface area contributed by atoms with Crippen LogP contribution < -0.4 is 10.6 Å². The molecule has 0 radical (unpaired) electrons. The number of nitrogens with one attached hydrogen (secondary N) is 2. The van der Waals surface area contributed by atoms with Crippen LogP contribution in [-0.2, 0) is 9.53 Å². The van der Waals surface area contributed by atoms with Crippen LogP contribution >= 0.6 is 0 Å². The van der Waals surface area contributed by atoms with Crippen LogP contribution in [0.5, 0.6) is 0 Å². The number of carboxylic acids is 1. The van der Waals surface area contributed by atoms with Gasteiger partial charge in [-0.2, -0.15) is 0 Å². The van der Waals surface area contributed by atoms with Gasteiger partial charge in [-0.15, -0.1) is 0 Å². The summed E-state index contributed by atoms with van der Waals surface area (Å²) < 4.78 is 4.95. The maximum absolute atomic E-state index is 11.6. The van der Waals surface area contributed by atoms with Crippen LogP contribution in [0.25, 0.3) is 0 Å². The van der Waals surface area contributed by atoms with Crippen LogP contribution in [-0.4, -0.2) is 42.4 Å². The third-order valence-corrected chi connectivity index (χ3v) is 2.18. The van der Waals surface area contributed by atoms with Gasteiger partial charge in [0.2, 0.25) is 0 Å². The number of ether oxygens (including phenoxy) is 1. The molecule has 0 spiro atoms. The topological polar surface area (TPSA) is 87.7 Å². The fourth-order valence-electron chi connectivity index (χ4n) is 1.40. The fraction of sp³-hybridized carbons (Fsp3) is 0.818. The van der Waals surface area contributed by atoms with Crippen LogP contribution in [0, 0.1) is 5.92 Å². The molecule has 0 aromatic carbocycles. The molecule has 1 atom stereocenters. The lowest BCUT2D eigenvalue weighted by Crippen LogP contribution is -2.55. The number of carbonyl (C=O) groups excluding carboxylic acids is 1. The number of aliphatic carboxylic acids is 1. The molecule has 0 saturated carbocycles. The maximum atomic E-state index is 11.6. The van der Waals surface area contributed by atoms with Crippen molar-refractivity contribution in [3.05, 3.63) is 0 Å². The van der Waals surface area contributed by atoms with Crippen molar-refractivity contribution in [2.75, 3.05) is 13.7 Å². The Bertz CT molecular complexity index is 277. The highest BCUT2D eigenvalue weighted by atomic mass is 16.5. The smallest absolute Gasteiger partial charge is 0.326 e. The minimum Gasteiger partial charge on any atom is -0.480 e. The number of carbonyl (C=O) groups is 2. The molecule has 100 valence electrons. The van der Waals surface area contributed by atoms with E-state index in [0.717, 1.165) is 0 Å². The highest BCUT2D eigenvalue weighted by molar-refractivity contribution is 5.83. The van der Waals surface area contributed by atoms with E-state index in [4.69, 9.17) is 9.84 Å². The molecular weight excluding hydrogens is 224 g/mol. The zero-order chi connectivity index (χ0) is 13.6. The molecule has 6 nitrogen and oxygen atoms in total. The molecule has 0 aromatic rings. The summed E-state index contributed by atoms with van der Waals surface area (Å²) in [6, 6.07) is -1.40. The molecular formula is C11H22N2O4. The molecule has 0 aliphatic heterocycles. The quantitative estimate of drug-likeness (QED) is 0.647. The second kappa shape index (κ2) is 6.44. The van der Waals surface area contributed by atoms with Crippen LogP contribution in [0.3, 0.4) is 0 Å². The molecule has 0 aromatic heterocycles. The summed E-state index contributed by atoms with van der Waals surface area (Å²) in [4.78, 5) is 22.5. The van der Waals surface area contributed by atoms with Crippen molar-refractivity contribution >= 4 is 12.0 Å². The van der Waals surface area contributed by atoms with E-state index in [1.54, 1.807) is 27.7 Å². The Hall–Kier alpha value is -1.30. The summed E-state index contributed by atoms with van der Waals surface area (Å²) >= 11 is 0. The molecule has 0 bridgehead atoms. The van der Waals surface area contributed by atoms with Crippen LogP contribution in [0.1, 0.15) is 27.7 Å². The van der Waals surface area contributed by atoms with E-state index in [2.05, 4.69) is 10.6 Å². The van der Waals surface area contributed by atoms with Gasteiger partial charge in [0, 0.05) is 7.11 Å². The lowest BCUT2D eigenvalue weighted by atomic mass is 10.0. The second-order valence-corrected chi connectivity index (χ2v) is 4.98. The lowest BCUT2D eigenvalue weighted by molar-refractivity contribution is -0.140. The fourth-order valence-corrected chi connectivity index (χ4v) is 1.40. The SMILES string of the molecule is COCC(C)(C)NC(=O)N[C@@H](C(=O)O)C(C)C. The van der Waals surface area contributed by atoms with Crippen molar-refractivity contribution < 1.29 is 19.4 Å². The molecule has 0 aliphatic rings. The van der Waals surface area contributed by atoms with E-state index in [-0.39, 0.29) is 5.92 Å². The van der Waals surface area contributed by atoms with Crippen molar-refractivity contribution in [2.45, 2.75) is 39.3 Å². The minimum absolute atomic E-state index is 0.177. The predicted octanol–water partition coefficient (Wildman–Crippen LogP) is 0.820. The zero-order valence-corrected chi connectivity index (χ0v) is 11.0. The van der Waals surface area contributed by atoms with Crippen molar-refractivity contribution in [1.82, 2.24) is 10.6 Å². The number of carboxylic acid groups (broad SMARTS) is 1. The Morgan fingerprint density at radius 1 is 1.35 bits per heavy atom. The first kappa shape index (κ1) is 15.7. The molecule has 0 heterocycles. The summed E-state index contributed by atoms with van der Waals surface area (Å²) in [6.45, 7) is 7.40. The van der Waals surface area contributed by atoms with Gasteiger partial charge in [-0.1, -0.05) is 13.8 Å². The Labute approximate surface area is 102 Å². The normalized spacial score (nSPS) is 13.3. The third-order valence-electron chi connectivity index (χ3n) is 2.18. The van der Waals surface area contributed by atoms with E-state index >= 15 is 0 Å². The van der Waals surface area contributed by atoms with E-state index < -0.39 is 23.6 Å². The Morgan fingerprint density at radius 2 is 1.88 bits per heavy atom. The molecule has 17 heavy (non-hydrogen) atoms. The van der Waals surface area contributed by atoms with Gasteiger partial charge in [0.1, 0.15) is 6.04 Å². The summed E-state index contributed by atoms with van der Waals surface area (Å²) in [5, 5.41) is 14.0. The van der Waals surface area contributed by atoms with Gasteiger partial charge < -0.3 is 20.5 Å². The van der Waals surface area contributed by atoms with Crippen molar-refractivity contribution in [2.24, 2.45) is 5.92 Å². The minimum atomic E-state index is -1.04. The summed E-state index contributed by atoms with van der Waals surface area (Å²) in [5.41, 5.74) is -0.543.